The molecule has 2 N–H and O–H groups in total. The van der Waals surface area contributed by atoms with E-state index in [-0.39, 0.29) is 35.1 Å². The molecule has 1 saturated heterocycles. The number of piperidine rings is 1. The number of aromatic nitrogens is 3. The van der Waals surface area contributed by atoms with Crippen molar-refractivity contribution >= 4 is 22.8 Å². The van der Waals surface area contributed by atoms with Crippen molar-refractivity contribution in [3.8, 4) is 5.88 Å². The molecule has 232 valence electrons. The number of imidazole rings is 1. The molecule has 2 amide bonds. The number of carbonyl (C=O) groups is 2. The van der Waals surface area contributed by atoms with Crippen LogP contribution >= 0.6 is 0 Å². The smallest absolute Gasteiger partial charge is 0.416 e. The maximum absolute atomic E-state index is 13.1. The number of alkyl halides is 3. The predicted octanol–water partition coefficient (Wildman–Crippen LogP) is 5.24. The summed E-state index contributed by atoms with van der Waals surface area (Å²) in [6, 6.07) is 5.87. The quantitative estimate of drug-likeness (QED) is 0.368. The molecule has 1 aromatic carbocycles. The number of rotatable bonds is 8. The van der Waals surface area contributed by atoms with Crippen LogP contribution in [0.25, 0.3) is 11.0 Å². The minimum atomic E-state index is -4.50. The normalized spacial score (nSPS) is 20.5. The van der Waals surface area contributed by atoms with Crippen LogP contribution in [0.2, 0.25) is 0 Å². The van der Waals surface area contributed by atoms with Crippen LogP contribution in [0.15, 0.2) is 41.5 Å². The number of amides is 2. The van der Waals surface area contributed by atoms with Gasteiger partial charge in [-0.05, 0) is 89.7 Å². The molecule has 5 rings (SSSR count). The van der Waals surface area contributed by atoms with Crippen LogP contribution in [0.4, 0.5) is 13.2 Å². The Labute approximate surface area is 248 Å². The van der Waals surface area contributed by atoms with E-state index >= 15 is 0 Å². The second kappa shape index (κ2) is 13.3. The number of nitrogens with one attached hydrogen (secondary N) is 2. The number of nitrogens with zero attached hydrogens (tertiary/aromatic N) is 4. The lowest BCUT2D eigenvalue weighted by Crippen LogP contribution is -2.38. The summed E-state index contributed by atoms with van der Waals surface area (Å²) in [4.78, 5) is 40.1. The summed E-state index contributed by atoms with van der Waals surface area (Å²) in [5.41, 5.74) is 0.912. The first kappa shape index (κ1) is 30.8. The van der Waals surface area contributed by atoms with Gasteiger partial charge in [0.25, 0.3) is 5.91 Å². The first-order valence-corrected chi connectivity index (χ1v) is 15.1. The molecule has 3 aromatic rings. The molecule has 1 saturated carbocycles. The van der Waals surface area contributed by atoms with Gasteiger partial charge in [-0.1, -0.05) is 6.42 Å². The fourth-order valence-corrected chi connectivity index (χ4v) is 5.97. The number of hydrogen-bond acceptors (Lipinski definition) is 5. The number of likely N-dealkylation sites (tertiary alicyclic amines) is 1. The van der Waals surface area contributed by atoms with Crippen LogP contribution in [0.1, 0.15) is 80.8 Å². The summed E-state index contributed by atoms with van der Waals surface area (Å²) in [6.07, 6.45) is 3.56. The molecule has 0 bridgehead atoms. The van der Waals surface area contributed by atoms with Gasteiger partial charge < -0.3 is 19.6 Å². The monoisotopic (exact) mass is 600 g/mol. The minimum Gasteiger partial charge on any atom is -0.476 e. The number of pyridine rings is 1. The highest BCUT2D eigenvalue weighted by Gasteiger charge is 2.31. The van der Waals surface area contributed by atoms with Gasteiger partial charge in [0, 0.05) is 36.2 Å². The van der Waals surface area contributed by atoms with Gasteiger partial charge in [-0.15, -0.1) is 0 Å². The van der Waals surface area contributed by atoms with Crippen LogP contribution < -0.4 is 15.7 Å². The van der Waals surface area contributed by atoms with Crippen LogP contribution in [0.5, 0.6) is 5.88 Å². The number of carbonyl (C=O) groups excluding carboxylic acids is 2. The molecule has 2 aromatic heterocycles. The Hall–Kier alpha value is -3.67. The van der Waals surface area contributed by atoms with Crippen molar-refractivity contribution in [2.24, 2.45) is 10.9 Å². The third-order valence-electron chi connectivity index (χ3n) is 8.23. The van der Waals surface area contributed by atoms with Gasteiger partial charge in [-0.25, -0.2) is 4.98 Å². The Morgan fingerprint density at radius 1 is 1.09 bits per heavy atom. The van der Waals surface area contributed by atoms with Gasteiger partial charge in [-0.2, -0.15) is 18.2 Å². The maximum atomic E-state index is 13.1. The van der Waals surface area contributed by atoms with E-state index in [9.17, 15) is 22.8 Å². The topological polar surface area (TPSA) is 105 Å². The summed E-state index contributed by atoms with van der Waals surface area (Å²) in [6.45, 7) is 7.34. The number of ether oxygens (including phenoxy) is 1. The van der Waals surface area contributed by atoms with Crippen molar-refractivity contribution in [2.75, 3.05) is 26.2 Å². The zero-order chi connectivity index (χ0) is 30.6. The van der Waals surface area contributed by atoms with E-state index in [1.165, 1.54) is 19.3 Å². The second-order valence-electron chi connectivity index (χ2n) is 11.8. The van der Waals surface area contributed by atoms with Gasteiger partial charge >= 0.3 is 6.18 Å². The van der Waals surface area contributed by atoms with E-state index in [0.29, 0.717) is 43.7 Å². The molecule has 0 unspecified atom stereocenters. The molecular weight excluding hydrogens is 561 g/mol. The van der Waals surface area contributed by atoms with E-state index in [1.54, 1.807) is 6.20 Å². The maximum Gasteiger partial charge on any atom is 0.416 e. The number of aromatic amines is 1. The molecule has 0 spiro atoms. The van der Waals surface area contributed by atoms with E-state index in [2.05, 4.69) is 25.2 Å². The van der Waals surface area contributed by atoms with Gasteiger partial charge in [-0.3, -0.25) is 14.5 Å². The molecular formula is C31H39F3N6O3. The van der Waals surface area contributed by atoms with E-state index in [0.717, 1.165) is 49.4 Å². The molecule has 2 aliphatic rings. The molecule has 1 aliphatic carbocycles. The first-order valence-electron chi connectivity index (χ1n) is 15.1. The van der Waals surface area contributed by atoms with Crippen molar-refractivity contribution in [2.45, 2.75) is 77.1 Å². The number of halogens is 3. The van der Waals surface area contributed by atoms with Crippen molar-refractivity contribution in [3.63, 3.8) is 0 Å². The Morgan fingerprint density at radius 2 is 1.79 bits per heavy atom. The summed E-state index contributed by atoms with van der Waals surface area (Å²) >= 11 is 0. The minimum absolute atomic E-state index is 0.0483. The molecule has 9 nitrogen and oxygen atoms in total. The van der Waals surface area contributed by atoms with Crippen molar-refractivity contribution in [1.82, 2.24) is 24.8 Å². The van der Waals surface area contributed by atoms with Crippen LogP contribution in [-0.4, -0.2) is 63.5 Å². The highest BCUT2D eigenvalue weighted by Crippen LogP contribution is 2.34. The number of fused-ring (bicyclic) bond motifs is 1. The SMILES string of the molecule is CC(C)NC(=O)[C@H]1CC[C@@H](n2/c(=N/C(=O)c3ccc(C(F)(F)F)cc3)[nH]c3cnc(OCCN4CCCCC4)cc32)CC1. The average molecular weight is 601 g/mol. The molecule has 1 aliphatic heterocycles. The fourth-order valence-electron chi connectivity index (χ4n) is 5.97. The Morgan fingerprint density at radius 3 is 2.44 bits per heavy atom. The van der Waals surface area contributed by atoms with E-state index < -0.39 is 17.6 Å². The number of benzene rings is 1. The van der Waals surface area contributed by atoms with Crippen LogP contribution in [0.3, 0.4) is 0 Å². The van der Waals surface area contributed by atoms with Gasteiger partial charge in [0.2, 0.25) is 17.4 Å². The Bertz CT molecular complexity index is 1480. The largest absolute Gasteiger partial charge is 0.476 e. The highest BCUT2D eigenvalue weighted by molar-refractivity contribution is 5.95. The predicted molar refractivity (Wildman–Crippen MR) is 155 cm³/mol. The second-order valence-corrected chi connectivity index (χ2v) is 11.8. The average Bonchev–Trinajstić information content (AvgIpc) is 3.34. The first-order chi connectivity index (χ1) is 20.6. The molecule has 3 heterocycles. The molecule has 2 fully saturated rings. The van der Waals surface area contributed by atoms with Crippen LogP contribution in [-0.2, 0) is 11.0 Å². The standard InChI is InChI=1S/C31H39F3N6O3/c1-20(2)36-28(41)22-8-12-24(13-9-22)40-26-18-27(43-17-16-39-14-4-3-5-15-39)35-19-25(26)37-30(40)38-29(42)21-6-10-23(11-7-21)31(32,33)34/h6-7,10-11,18-20,22,24H,3-5,8-9,12-17H2,1-2H3,(H,36,41)(H,37,38,42)/t22-,24+. The summed E-state index contributed by atoms with van der Waals surface area (Å²) in [7, 11) is 0. The lowest BCUT2D eigenvalue weighted by molar-refractivity contribution is -0.137. The summed E-state index contributed by atoms with van der Waals surface area (Å²) < 4.78 is 47.1. The summed E-state index contributed by atoms with van der Waals surface area (Å²) in [5, 5.41) is 3.00. The van der Waals surface area contributed by atoms with E-state index in [4.69, 9.17) is 4.74 Å². The third kappa shape index (κ3) is 7.65. The number of H-pyrrole nitrogens is 1. The summed E-state index contributed by atoms with van der Waals surface area (Å²) in [5.74, 6) is -0.241. The van der Waals surface area contributed by atoms with Gasteiger partial charge in [0.05, 0.1) is 22.8 Å². The highest BCUT2D eigenvalue weighted by atomic mass is 19.4. The molecule has 12 heteroatoms. The van der Waals surface area contributed by atoms with E-state index in [1.807, 2.05) is 24.5 Å². The van der Waals surface area contributed by atoms with Crippen molar-refractivity contribution in [3.05, 3.63) is 53.3 Å². The Kier molecular flexibility index (Phi) is 9.53. The third-order valence-corrected chi connectivity index (χ3v) is 8.23. The lowest BCUT2D eigenvalue weighted by atomic mass is 9.85. The lowest BCUT2D eigenvalue weighted by Gasteiger charge is -2.29. The molecule has 43 heavy (non-hydrogen) atoms. The van der Waals surface area contributed by atoms with Gasteiger partial charge in [0.1, 0.15) is 6.61 Å². The molecule has 0 atom stereocenters. The van der Waals surface area contributed by atoms with Crippen molar-refractivity contribution in [1.29, 1.82) is 0 Å². The van der Waals surface area contributed by atoms with Crippen LogP contribution in [0, 0.1) is 5.92 Å². The molecule has 0 radical (unpaired) electrons. The zero-order valence-electron chi connectivity index (χ0n) is 24.6. The van der Waals surface area contributed by atoms with Gasteiger partial charge in [0.15, 0.2) is 0 Å². The fraction of sp³-hybridized carbons (Fsp3) is 0.548. The zero-order valence-corrected chi connectivity index (χ0v) is 24.6. The van der Waals surface area contributed by atoms with Crippen molar-refractivity contribution < 1.29 is 27.5 Å². The number of hydrogen-bond donors (Lipinski definition) is 2. The Balaban J connectivity index is 1.42.